The molecule has 1 amide bonds. The van der Waals surface area contributed by atoms with Crippen LogP contribution < -0.4 is 10.6 Å². The molecule has 0 unspecified atom stereocenters. The second kappa shape index (κ2) is 14.2. The minimum atomic E-state index is -5.08. The average molecular weight is 604 g/mol. The van der Waals surface area contributed by atoms with Crippen LogP contribution in [0.5, 0.6) is 0 Å². The molecule has 3 N–H and O–H groups in total. The number of amides is 1. The molecule has 222 valence electrons. The molecule has 0 radical (unpaired) electrons. The van der Waals surface area contributed by atoms with Gasteiger partial charge in [0, 0.05) is 42.8 Å². The molecular formula is C29H29ClF3N5O4. The summed E-state index contributed by atoms with van der Waals surface area (Å²) in [5.41, 5.74) is 4.61. The highest BCUT2D eigenvalue weighted by Crippen LogP contribution is 2.27. The minimum Gasteiger partial charge on any atom is -0.475 e. The molecule has 0 aliphatic carbocycles. The first-order valence-electron chi connectivity index (χ1n) is 13.0. The van der Waals surface area contributed by atoms with Crippen LogP contribution in [0.4, 0.5) is 24.5 Å². The molecule has 1 saturated heterocycles. The highest BCUT2D eigenvalue weighted by Gasteiger charge is 2.38. The predicted molar refractivity (Wildman–Crippen MR) is 153 cm³/mol. The molecule has 42 heavy (non-hydrogen) atoms. The molecule has 1 aromatic heterocycles. The summed E-state index contributed by atoms with van der Waals surface area (Å²) in [6, 6.07) is 21.5. The summed E-state index contributed by atoms with van der Waals surface area (Å²) >= 11 is 6.26. The number of rotatable bonds is 8. The highest BCUT2D eigenvalue weighted by molar-refractivity contribution is 6.33. The van der Waals surface area contributed by atoms with Crippen LogP contribution in [0.3, 0.4) is 0 Å². The SMILES string of the molecule is O=C(NCCN1CCOCC1)c1ccc(Cn2ncc3cc(Nc4ccccc4Cl)ccc32)cc1.O=C(O)C(F)(F)F. The van der Waals surface area contributed by atoms with E-state index < -0.39 is 12.1 Å². The summed E-state index contributed by atoms with van der Waals surface area (Å²) < 4.78 is 39.1. The minimum absolute atomic E-state index is 0.0482. The summed E-state index contributed by atoms with van der Waals surface area (Å²) in [4.78, 5) is 23.7. The third-order valence-corrected chi connectivity index (χ3v) is 6.73. The number of para-hydroxylation sites is 1. The van der Waals surface area contributed by atoms with Crippen LogP contribution in [0.25, 0.3) is 10.9 Å². The van der Waals surface area contributed by atoms with Gasteiger partial charge in [0.25, 0.3) is 5.91 Å². The van der Waals surface area contributed by atoms with Gasteiger partial charge in [-0.1, -0.05) is 35.9 Å². The number of aromatic nitrogens is 2. The first-order chi connectivity index (χ1) is 20.1. The van der Waals surface area contributed by atoms with E-state index in [2.05, 4.69) is 32.8 Å². The molecule has 2 heterocycles. The molecule has 4 aromatic rings. The molecule has 13 heteroatoms. The van der Waals surface area contributed by atoms with Gasteiger partial charge in [0.15, 0.2) is 0 Å². The molecule has 0 saturated carbocycles. The van der Waals surface area contributed by atoms with Gasteiger partial charge in [-0.3, -0.25) is 14.4 Å². The maximum Gasteiger partial charge on any atom is 0.490 e. The zero-order valence-electron chi connectivity index (χ0n) is 22.4. The molecule has 1 aliphatic heterocycles. The second-order valence-electron chi connectivity index (χ2n) is 9.39. The molecule has 5 rings (SSSR count). The van der Waals surface area contributed by atoms with Gasteiger partial charge in [-0.2, -0.15) is 18.3 Å². The fourth-order valence-corrected chi connectivity index (χ4v) is 4.38. The van der Waals surface area contributed by atoms with Crippen molar-refractivity contribution in [3.05, 3.63) is 89.1 Å². The van der Waals surface area contributed by atoms with Crippen molar-refractivity contribution in [3.63, 3.8) is 0 Å². The normalized spacial score (nSPS) is 13.7. The Labute approximate surface area is 244 Å². The molecular weight excluding hydrogens is 575 g/mol. The van der Waals surface area contributed by atoms with Gasteiger partial charge >= 0.3 is 12.1 Å². The number of aliphatic carboxylic acids is 1. The number of benzene rings is 3. The van der Waals surface area contributed by atoms with Gasteiger partial charge in [-0.15, -0.1) is 0 Å². The van der Waals surface area contributed by atoms with Gasteiger partial charge in [0.2, 0.25) is 0 Å². The van der Waals surface area contributed by atoms with E-state index in [-0.39, 0.29) is 5.91 Å². The number of morpholine rings is 1. The van der Waals surface area contributed by atoms with E-state index in [1.807, 2.05) is 65.5 Å². The van der Waals surface area contributed by atoms with Crippen LogP contribution in [-0.2, 0) is 16.1 Å². The van der Waals surface area contributed by atoms with Crippen molar-refractivity contribution in [1.29, 1.82) is 0 Å². The molecule has 3 aromatic carbocycles. The van der Waals surface area contributed by atoms with Gasteiger partial charge < -0.3 is 20.5 Å². The fourth-order valence-electron chi connectivity index (χ4n) is 4.20. The van der Waals surface area contributed by atoms with Crippen LogP contribution in [0, 0.1) is 0 Å². The Morgan fingerprint density at radius 1 is 1.02 bits per heavy atom. The number of fused-ring (bicyclic) bond motifs is 1. The lowest BCUT2D eigenvalue weighted by Gasteiger charge is -2.26. The zero-order valence-corrected chi connectivity index (χ0v) is 23.2. The van der Waals surface area contributed by atoms with Gasteiger partial charge in [-0.05, 0) is 48.0 Å². The Balaban J connectivity index is 0.000000517. The van der Waals surface area contributed by atoms with E-state index >= 15 is 0 Å². The molecule has 1 fully saturated rings. The van der Waals surface area contributed by atoms with Gasteiger partial charge in [-0.25, -0.2) is 4.79 Å². The summed E-state index contributed by atoms with van der Waals surface area (Å²) in [7, 11) is 0. The van der Waals surface area contributed by atoms with E-state index in [4.69, 9.17) is 26.2 Å². The van der Waals surface area contributed by atoms with Crippen molar-refractivity contribution in [2.75, 3.05) is 44.7 Å². The van der Waals surface area contributed by atoms with Crippen LogP contribution in [0.2, 0.25) is 5.02 Å². The Kier molecular flexibility index (Phi) is 10.4. The van der Waals surface area contributed by atoms with E-state index in [0.29, 0.717) is 23.7 Å². The van der Waals surface area contributed by atoms with E-state index in [0.717, 1.165) is 60.7 Å². The Hall–Kier alpha value is -4.13. The molecule has 0 atom stereocenters. The number of hydrogen-bond acceptors (Lipinski definition) is 6. The van der Waals surface area contributed by atoms with Crippen molar-refractivity contribution in [2.45, 2.75) is 12.7 Å². The lowest BCUT2D eigenvalue weighted by molar-refractivity contribution is -0.192. The average Bonchev–Trinajstić information content (AvgIpc) is 3.36. The number of ether oxygens (including phenoxy) is 1. The second-order valence-corrected chi connectivity index (χ2v) is 9.80. The predicted octanol–water partition coefficient (Wildman–Crippen LogP) is 5.18. The van der Waals surface area contributed by atoms with E-state index in [1.54, 1.807) is 0 Å². The van der Waals surface area contributed by atoms with E-state index in [1.165, 1.54) is 0 Å². The smallest absolute Gasteiger partial charge is 0.475 e. The molecule has 0 spiro atoms. The van der Waals surface area contributed by atoms with E-state index in [9.17, 15) is 18.0 Å². The number of hydrogen-bond donors (Lipinski definition) is 3. The number of halogens is 4. The number of carbonyl (C=O) groups is 2. The van der Waals surface area contributed by atoms with Gasteiger partial charge in [0.1, 0.15) is 0 Å². The summed E-state index contributed by atoms with van der Waals surface area (Å²) in [5, 5.41) is 19.8. The number of carboxylic acids is 1. The summed E-state index contributed by atoms with van der Waals surface area (Å²) in [6.07, 6.45) is -3.22. The highest BCUT2D eigenvalue weighted by atomic mass is 35.5. The number of nitrogens with one attached hydrogen (secondary N) is 2. The number of nitrogens with zero attached hydrogens (tertiary/aromatic N) is 3. The molecule has 9 nitrogen and oxygen atoms in total. The summed E-state index contributed by atoms with van der Waals surface area (Å²) in [5.74, 6) is -2.81. The molecule has 1 aliphatic rings. The maximum absolute atomic E-state index is 12.5. The lowest BCUT2D eigenvalue weighted by atomic mass is 10.1. The Bertz CT molecular complexity index is 1510. The van der Waals surface area contributed by atoms with Crippen LogP contribution in [0.15, 0.2) is 72.9 Å². The van der Waals surface area contributed by atoms with Crippen LogP contribution in [0.1, 0.15) is 15.9 Å². The number of carboxylic acid groups (broad SMARTS) is 1. The van der Waals surface area contributed by atoms with Crippen molar-refractivity contribution in [3.8, 4) is 0 Å². The summed E-state index contributed by atoms with van der Waals surface area (Å²) in [6.45, 7) is 5.48. The van der Waals surface area contributed by atoms with Crippen LogP contribution in [-0.4, -0.2) is 77.2 Å². The van der Waals surface area contributed by atoms with Crippen molar-refractivity contribution in [2.24, 2.45) is 0 Å². The Morgan fingerprint density at radius 3 is 2.38 bits per heavy atom. The fraction of sp³-hybridized carbons (Fsp3) is 0.276. The first-order valence-corrected chi connectivity index (χ1v) is 13.4. The third-order valence-electron chi connectivity index (χ3n) is 6.40. The maximum atomic E-state index is 12.5. The standard InChI is InChI=1S/C27H28ClN5O2.C2HF3O2/c28-24-3-1-2-4-25(24)31-23-9-10-26-22(17-23)18-30-33(26)19-20-5-7-21(8-6-20)27(34)29-11-12-32-13-15-35-16-14-32;3-2(4,5)1(6)7/h1-10,17-18,31H,11-16,19H2,(H,29,34);(H,6,7). The quantitative estimate of drug-likeness (QED) is 0.255. The molecule has 0 bridgehead atoms. The van der Waals surface area contributed by atoms with Gasteiger partial charge in [0.05, 0.1) is 42.2 Å². The Morgan fingerprint density at radius 2 is 1.71 bits per heavy atom. The van der Waals surface area contributed by atoms with Crippen molar-refractivity contribution < 1.29 is 32.6 Å². The number of alkyl halides is 3. The van der Waals surface area contributed by atoms with Crippen LogP contribution >= 0.6 is 11.6 Å². The lowest BCUT2D eigenvalue weighted by Crippen LogP contribution is -2.41. The number of anilines is 2. The third kappa shape index (κ3) is 8.68. The largest absolute Gasteiger partial charge is 0.490 e. The number of carbonyl (C=O) groups excluding carboxylic acids is 1. The zero-order chi connectivity index (χ0) is 30.1. The van der Waals surface area contributed by atoms with Crippen molar-refractivity contribution in [1.82, 2.24) is 20.0 Å². The van der Waals surface area contributed by atoms with Crippen molar-refractivity contribution >= 4 is 45.8 Å². The topological polar surface area (TPSA) is 109 Å². The first kappa shape index (κ1) is 30.8. The monoisotopic (exact) mass is 603 g/mol.